The predicted octanol–water partition coefficient (Wildman–Crippen LogP) is 18.3. The quantitative estimate of drug-likeness (QED) is 0.0344. The molecule has 0 aliphatic heterocycles. The number of hydrogen-bond donors (Lipinski definition) is 0. The van der Waals surface area contributed by atoms with Crippen LogP contribution in [0.1, 0.15) is 311 Å². The monoisotopic (exact) mass is 891 g/mol. The zero-order chi connectivity index (χ0) is 46.3. The van der Waals surface area contributed by atoms with E-state index < -0.39 is 6.10 Å². The lowest BCUT2D eigenvalue weighted by molar-refractivity contribution is -0.167. The van der Waals surface area contributed by atoms with Crippen molar-refractivity contribution in [3.8, 4) is 0 Å². The molecule has 6 heteroatoms. The summed E-state index contributed by atoms with van der Waals surface area (Å²) >= 11 is 0. The van der Waals surface area contributed by atoms with Crippen LogP contribution >= 0.6 is 0 Å². The van der Waals surface area contributed by atoms with Crippen molar-refractivity contribution in [1.82, 2.24) is 0 Å². The third kappa shape index (κ3) is 49.7. The molecule has 0 amide bonds. The first-order chi connectivity index (χ1) is 30.6. The Hall–Kier alpha value is -1.59. The predicted molar refractivity (Wildman–Crippen MR) is 270 cm³/mol. The fraction of sp³-hybridized carbons (Fsp3) is 0.947. The van der Waals surface area contributed by atoms with E-state index in [1.165, 1.54) is 193 Å². The van der Waals surface area contributed by atoms with E-state index in [0.717, 1.165) is 75.5 Å². The molecule has 0 aromatic rings. The van der Waals surface area contributed by atoms with Gasteiger partial charge in [-0.15, -0.1) is 0 Å². The van der Waals surface area contributed by atoms with Gasteiger partial charge in [0.05, 0.1) is 0 Å². The molecule has 2 atom stereocenters. The van der Waals surface area contributed by atoms with Crippen LogP contribution in [0.2, 0.25) is 0 Å². The minimum absolute atomic E-state index is 0.0641. The Bertz CT molecular complexity index is 978. The van der Waals surface area contributed by atoms with Gasteiger partial charge in [-0.25, -0.2) is 0 Å². The van der Waals surface area contributed by atoms with Crippen LogP contribution in [0.5, 0.6) is 0 Å². The first-order valence-electron chi connectivity index (χ1n) is 28.1. The topological polar surface area (TPSA) is 78.9 Å². The van der Waals surface area contributed by atoms with E-state index in [1.54, 1.807) is 0 Å². The lowest BCUT2D eigenvalue weighted by Gasteiger charge is -2.18. The van der Waals surface area contributed by atoms with Gasteiger partial charge in [-0.2, -0.15) is 0 Å². The molecule has 0 aromatic heterocycles. The molecule has 0 rings (SSSR count). The molecular weight excluding hydrogens is 781 g/mol. The molecule has 0 radical (unpaired) electrons. The van der Waals surface area contributed by atoms with Crippen molar-refractivity contribution in [1.29, 1.82) is 0 Å². The zero-order valence-electron chi connectivity index (χ0n) is 43.4. The van der Waals surface area contributed by atoms with Crippen LogP contribution < -0.4 is 0 Å². The van der Waals surface area contributed by atoms with Gasteiger partial charge in [-0.1, -0.05) is 273 Å². The smallest absolute Gasteiger partial charge is 0.306 e. The Labute approximate surface area is 393 Å². The van der Waals surface area contributed by atoms with Crippen molar-refractivity contribution in [3.63, 3.8) is 0 Å². The highest BCUT2D eigenvalue weighted by molar-refractivity contribution is 5.71. The first kappa shape index (κ1) is 61.4. The number of carbonyl (C=O) groups is 3. The third-order valence-electron chi connectivity index (χ3n) is 13.3. The summed E-state index contributed by atoms with van der Waals surface area (Å²) in [5.74, 6) is 1.68. The summed E-state index contributed by atoms with van der Waals surface area (Å²) in [6.45, 7) is 13.8. The Morgan fingerprint density at radius 1 is 0.317 bits per heavy atom. The molecule has 0 N–H and O–H groups in total. The Balaban J connectivity index is 4.29. The maximum absolute atomic E-state index is 12.8. The number of carbonyl (C=O) groups excluding carboxylic acids is 3. The maximum Gasteiger partial charge on any atom is 0.306 e. The molecule has 0 aliphatic rings. The van der Waals surface area contributed by atoms with Crippen molar-refractivity contribution in [3.05, 3.63) is 0 Å². The van der Waals surface area contributed by atoms with E-state index in [0.29, 0.717) is 19.3 Å². The molecule has 0 aliphatic carbocycles. The molecule has 63 heavy (non-hydrogen) atoms. The summed E-state index contributed by atoms with van der Waals surface area (Å²) in [6.07, 6.45) is 49.5. The fourth-order valence-corrected chi connectivity index (χ4v) is 8.61. The summed E-state index contributed by atoms with van der Waals surface area (Å²) in [4.78, 5) is 38.1. The van der Waals surface area contributed by atoms with Crippen LogP contribution in [-0.2, 0) is 28.6 Å². The SMILES string of the molecule is CCC(C)CCCCCCCCCCCCCCCCC(=O)O[C@@H](COC(=O)CCCCCCCCCCCCCCCC(C)C)COC(=O)CCCCCCCCCCC(C)C. The average molecular weight is 892 g/mol. The molecule has 0 bridgehead atoms. The lowest BCUT2D eigenvalue weighted by atomic mass is 9.99. The van der Waals surface area contributed by atoms with E-state index in [-0.39, 0.29) is 31.1 Å². The fourth-order valence-electron chi connectivity index (χ4n) is 8.61. The van der Waals surface area contributed by atoms with Crippen LogP contribution in [0.25, 0.3) is 0 Å². The number of esters is 3. The van der Waals surface area contributed by atoms with Crippen molar-refractivity contribution in [2.75, 3.05) is 13.2 Å². The van der Waals surface area contributed by atoms with Crippen LogP contribution in [0.3, 0.4) is 0 Å². The zero-order valence-corrected chi connectivity index (χ0v) is 43.4. The molecule has 0 fully saturated rings. The largest absolute Gasteiger partial charge is 0.462 e. The lowest BCUT2D eigenvalue weighted by Crippen LogP contribution is -2.30. The molecule has 374 valence electrons. The number of ether oxygens (including phenoxy) is 3. The normalized spacial score (nSPS) is 12.6. The third-order valence-corrected chi connectivity index (χ3v) is 13.3. The molecular formula is C57H110O6. The van der Waals surface area contributed by atoms with E-state index in [2.05, 4.69) is 41.5 Å². The van der Waals surface area contributed by atoms with Crippen molar-refractivity contribution < 1.29 is 28.6 Å². The second-order valence-electron chi connectivity index (χ2n) is 20.8. The van der Waals surface area contributed by atoms with E-state index in [9.17, 15) is 14.4 Å². The second-order valence-corrected chi connectivity index (χ2v) is 20.8. The van der Waals surface area contributed by atoms with E-state index in [4.69, 9.17) is 14.2 Å². The average Bonchev–Trinajstić information content (AvgIpc) is 3.25. The van der Waals surface area contributed by atoms with Gasteiger partial charge in [0.2, 0.25) is 0 Å². The van der Waals surface area contributed by atoms with Gasteiger partial charge >= 0.3 is 17.9 Å². The molecule has 0 aromatic carbocycles. The number of rotatable bonds is 50. The summed E-state index contributed by atoms with van der Waals surface area (Å²) in [5.41, 5.74) is 0. The highest BCUT2D eigenvalue weighted by Crippen LogP contribution is 2.19. The van der Waals surface area contributed by atoms with Gasteiger partial charge in [0.25, 0.3) is 0 Å². The molecule has 1 unspecified atom stereocenters. The van der Waals surface area contributed by atoms with Crippen LogP contribution in [0, 0.1) is 17.8 Å². The highest BCUT2D eigenvalue weighted by atomic mass is 16.6. The summed E-state index contributed by atoms with van der Waals surface area (Å²) in [7, 11) is 0. The standard InChI is InChI=1S/C57H110O6/c1-7-53(6)45-39-33-27-20-16-12-8-9-13-18-22-30-36-42-48-57(60)63-54(50-62-56(59)47-41-35-29-24-23-26-32-38-44-52(4)5)49-61-55(58)46-40-34-28-21-17-14-10-11-15-19-25-31-37-43-51(2)3/h51-54H,7-50H2,1-6H3/t53?,54-/m0/s1. The van der Waals surface area contributed by atoms with Crippen LogP contribution in [0.15, 0.2) is 0 Å². The maximum atomic E-state index is 12.8. The molecule has 0 spiro atoms. The molecule has 0 saturated carbocycles. The van der Waals surface area contributed by atoms with Crippen LogP contribution in [0.4, 0.5) is 0 Å². The van der Waals surface area contributed by atoms with Gasteiger partial charge < -0.3 is 14.2 Å². The van der Waals surface area contributed by atoms with Gasteiger partial charge in [0.1, 0.15) is 13.2 Å². The molecule has 6 nitrogen and oxygen atoms in total. The van der Waals surface area contributed by atoms with Crippen LogP contribution in [-0.4, -0.2) is 37.2 Å². The minimum Gasteiger partial charge on any atom is -0.462 e. The van der Waals surface area contributed by atoms with Crippen molar-refractivity contribution >= 4 is 17.9 Å². The Morgan fingerprint density at radius 3 is 0.825 bits per heavy atom. The summed E-state index contributed by atoms with van der Waals surface area (Å²) in [5, 5.41) is 0. The Morgan fingerprint density at radius 2 is 0.556 bits per heavy atom. The number of hydrogen-bond acceptors (Lipinski definition) is 6. The van der Waals surface area contributed by atoms with Gasteiger partial charge in [-0.3, -0.25) is 14.4 Å². The van der Waals surface area contributed by atoms with Crippen molar-refractivity contribution in [2.45, 2.75) is 317 Å². The van der Waals surface area contributed by atoms with Crippen molar-refractivity contribution in [2.24, 2.45) is 17.8 Å². The van der Waals surface area contributed by atoms with Gasteiger partial charge in [0.15, 0.2) is 6.10 Å². The van der Waals surface area contributed by atoms with E-state index >= 15 is 0 Å². The number of unbranched alkanes of at least 4 members (excludes halogenated alkanes) is 32. The van der Waals surface area contributed by atoms with E-state index in [1.807, 2.05) is 0 Å². The first-order valence-corrected chi connectivity index (χ1v) is 28.1. The second kappa shape index (κ2) is 48.3. The molecule has 0 saturated heterocycles. The molecule has 0 heterocycles. The summed E-state index contributed by atoms with van der Waals surface area (Å²) < 4.78 is 16.9. The highest BCUT2D eigenvalue weighted by Gasteiger charge is 2.19. The van der Waals surface area contributed by atoms with Gasteiger partial charge in [0, 0.05) is 19.3 Å². The van der Waals surface area contributed by atoms with Gasteiger partial charge in [-0.05, 0) is 37.0 Å². The Kier molecular flexibility index (Phi) is 47.1. The minimum atomic E-state index is -0.763. The summed E-state index contributed by atoms with van der Waals surface area (Å²) in [6, 6.07) is 0.